The van der Waals surface area contributed by atoms with E-state index in [4.69, 9.17) is 25.8 Å². The van der Waals surface area contributed by atoms with Crippen molar-refractivity contribution in [2.24, 2.45) is 0 Å². The largest absolute Gasteiger partial charge is 0.496 e. The molecule has 1 aromatic rings. The SMILES string of the molecule is C=CCOC(C)C(=O)OCc1cc(Cl)ccc1OC. The van der Waals surface area contributed by atoms with Gasteiger partial charge in [-0.25, -0.2) is 4.79 Å². The summed E-state index contributed by atoms with van der Waals surface area (Å²) in [5, 5.41) is 0.558. The summed E-state index contributed by atoms with van der Waals surface area (Å²) in [7, 11) is 1.55. The van der Waals surface area contributed by atoms with E-state index in [1.165, 1.54) is 0 Å². The summed E-state index contributed by atoms with van der Waals surface area (Å²) in [4.78, 5) is 11.7. The molecule has 0 radical (unpaired) electrons. The molecule has 0 aliphatic carbocycles. The number of hydrogen-bond donors (Lipinski definition) is 0. The van der Waals surface area contributed by atoms with E-state index in [-0.39, 0.29) is 6.61 Å². The van der Waals surface area contributed by atoms with E-state index in [9.17, 15) is 4.79 Å². The minimum atomic E-state index is -0.636. The molecule has 0 saturated carbocycles. The van der Waals surface area contributed by atoms with Crippen molar-refractivity contribution in [3.05, 3.63) is 41.4 Å². The average molecular weight is 285 g/mol. The third-order valence-electron chi connectivity index (χ3n) is 2.41. The summed E-state index contributed by atoms with van der Waals surface area (Å²) in [5.74, 6) is 0.181. The molecule has 1 aromatic carbocycles. The molecule has 0 N–H and O–H groups in total. The molecule has 19 heavy (non-hydrogen) atoms. The monoisotopic (exact) mass is 284 g/mol. The number of ether oxygens (including phenoxy) is 3. The summed E-state index contributed by atoms with van der Waals surface area (Å²) >= 11 is 5.89. The number of esters is 1. The van der Waals surface area contributed by atoms with Crippen LogP contribution in [0.3, 0.4) is 0 Å². The molecule has 0 spiro atoms. The topological polar surface area (TPSA) is 44.8 Å². The van der Waals surface area contributed by atoms with Crippen LogP contribution in [-0.2, 0) is 20.9 Å². The van der Waals surface area contributed by atoms with Crippen molar-refractivity contribution in [1.29, 1.82) is 0 Å². The minimum absolute atomic E-state index is 0.0877. The zero-order valence-corrected chi connectivity index (χ0v) is 11.8. The maximum absolute atomic E-state index is 11.7. The van der Waals surface area contributed by atoms with Crippen LogP contribution in [0.15, 0.2) is 30.9 Å². The van der Waals surface area contributed by atoms with Crippen LogP contribution in [0.25, 0.3) is 0 Å². The van der Waals surface area contributed by atoms with Gasteiger partial charge in [0, 0.05) is 10.6 Å². The van der Waals surface area contributed by atoms with Crippen molar-refractivity contribution in [3.63, 3.8) is 0 Å². The lowest BCUT2D eigenvalue weighted by Crippen LogP contribution is -2.23. The number of rotatable bonds is 7. The highest BCUT2D eigenvalue weighted by Crippen LogP contribution is 2.23. The van der Waals surface area contributed by atoms with Crippen LogP contribution in [0.5, 0.6) is 5.75 Å². The molecule has 0 heterocycles. The molecule has 1 rings (SSSR count). The Hall–Kier alpha value is -1.52. The van der Waals surface area contributed by atoms with Gasteiger partial charge in [-0.3, -0.25) is 0 Å². The maximum atomic E-state index is 11.7. The van der Waals surface area contributed by atoms with Crippen molar-refractivity contribution < 1.29 is 19.0 Å². The van der Waals surface area contributed by atoms with Crippen molar-refractivity contribution >= 4 is 17.6 Å². The van der Waals surface area contributed by atoms with E-state index in [0.717, 1.165) is 0 Å². The number of hydrogen-bond acceptors (Lipinski definition) is 4. The van der Waals surface area contributed by atoms with Crippen molar-refractivity contribution in [2.75, 3.05) is 13.7 Å². The zero-order chi connectivity index (χ0) is 14.3. The Labute approximate surface area is 117 Å². The highest BCUT2D eigenvalue weighted by molar-refractivity contribution is 6.30. The fourth-order valence-corrected chi connectivity index (χ4v) is 1.60. The predicted octanol–water partition coefficient (Wildman–Crippen LogP) is 2.98. The van der Waals surface area contributed by atoms with Gasteiger partial charge in [-0.15, -0.1) is 6.58 Å². The second-order valence-electron chi connectivity index (χ2n) is 3.83. The highest BCUT2D eigenvalue weighted by Gasteiger charge is 2.15. The predicted molar refractivity (Wildman–Crippen MR) is 73.4 cm³/mol. The number of methoxy groups -OCH3 is 1. The van der Waals surface area contributed by atoms with Crippen LogP contribution in [-0.4, -0.2) is 25.8 Å². The molecule has 1 atom stereocenters. The summed E-state index contributed by atoms with van der Waals surface area (Å²) in [6.45, 7) is 5.53. The summed E-state index contributed by atoms with van der Waals surface area (Å²) in [6, 6.07) is 5.13. The first-order valence-corrected chi connectivity index (χ1v) is 6.17. The van der Waals surface area contributed by atoms with Crippen LogP contribution >= 0.6 is 11.6 Å². The van der Waals surface area contributed by atoms with Crippen LogP contribution in [0, 0.1) is 0 Å². The van der Waals surface area contributed by atoms with Crippen LogP contribution in [0.4, 0.5) is 0 Å². The van der Waals surface area contributed by atoms with Crippen molar-refractivity contribution in [2.45, 2.75) is 19.6 Å². The van der Waals surface area contributed by atoms with E-state index in [0.29, 0.717) is 22.9 Å². The normalized spacial score (nSPS) is 11.7. The number of carbonyl (C=O) groups excluding carboxylic acids is 1. The third kappa shape index (κ3) is 4.93. The van der Waals surface area contributed by atoms with Crippen LogP contribution in [0.2, 0.25) is 5.02 Å². The van der Waals surface area contributed by atoms with Crippen LogP contribution < -0.4 is 4.74 Å². The second kappa shape index (κ2) is 7.81. The molecule has 4 nitrogen and oxygen atoms in total. The number of halogens is 1. The van der Waals surface area contributed by atoms with Crippen LogP contribution in [0.1, 0.15) is 12.5 Å². The quantitative estimate of drug-likeness (QED) is 0.570. The van der Waals surface area contributed by atoms with E-state index in [2.05, 4.69) is 6.58 Å². The first kappa shape index (κ1) is 15.5. The van der Waals surface area contributed by atoms with Gasteiger partial charge < -0.3 is 14.2 Å². The molecule has 0 saturated heterocycles. The van der Waals surface area contributed by atoms with E-state index < -0.39 is 12.1 Å². The van der Waals surface area contributed by atoms with Crippen molar-refractivity contribution in [3.8, 4) is 5.75 Å². The van der Waals surface area contributed by atoms with Gasteiger partial charge in [0.15, 0.2) is 6.10 Å². The Morgan fingerprint density at radius 1 is 1.53 bits per heavy atom. The molecule has 0 fully saturated rings. The first-order chi connectivity index (χ1) is 9.08. The Bertz CT molecular complexity index is 445. The molecule has 0 bridgehead atoms. The zero-order valence-electron chi connectivity index (χ0n) is 11.0. The average Bonchev–Trinajstić information content (AvgIpc) is 2.42. The number of carbonyl (C=O) groups is 1. The summed E-state index contributed by atoms with van der Waals surface area (Å²) in [6.07, 6.45) is 0.937. The van der Waals surface area contributed by atoms with Gasteiger partial charge in [-0.2, -0.15) is 0 Å². The Morgan fingerprint density at radius 3 is 2.89 bits per heavy atom. The van der Waals surface area contributed by atoms with Gasteiger partial charge in [0.1, 0.15) is 12.4 Å². The highest BCUT2D eigenvalue weighted by atomic mass is 35.5. The molecule has 5 heteroatoms. The lowest BCUT2D eigenvalue weighted by molar-refractivity contribution is -0.156. The van der Waals surface area contributed by atoms with Gasteiger partial charge in [0.2, 0.25) is 0 Å². The molecule has 0 amide bonds. The van der Waals surface area contributed by atoms with Gasteiger partial charge in [0.25, 0.3) is 0 Å². The summed E-state index contributed by atoms with van der Waals surface area (Å²) < 4.78 is 15.5. The Morgan fingerprint density at radius 2 is 2.26 bits per heavy atom. The molecular formula is C14H17ClO4. The molecule has 0 aliphatic heterocycles. The molecular weight excluding hydrogens is 268 g/mol. The number of benzene rings is 1. The van der Waals surface area contributed by atoms with Crippen molar-refractivity contribution in [1.82, 2.24) is 0 Å². The molecule has 104 valence electrons. The van der Waals surface area contributed by atoms with E-state index in [1.807, 2.05) is 0 Å². The lowest BCUT2D eigenvalue weighted by atomic mass is 10.2. The molecule has 0 aliphatic rings. The van der Waals surface area contributed by atoms with E-state index >= 15 is 0 Å². The third-order valence-corrected chi connectivity index (χ3v) is 2.64. The van der Waals surface area contributed by atoms with Gasteiger partial charge in [-0.05, 0) is 25.1 Å². The minimum Gasteiger partial charge on any atom is -0.496 e. The first-order valence-electron chi connectivity index (χ1n) is 5.80. The fourth-order valence-electron chi connectivity index (χ4n) is 1.41. The van der Waals surface area contributed by atoms with Gasteiger partial charge in [-0.1, -0.05) is 17.7 Å². The summed E-state index contributed by atoms with van der Waals surface area (Å²) in [5.41, 5.74) is 0.708. The molecule has 0 aromatic heterocycles. The Kier molecular flexibility index (Phi) is 6.39. The standard InChI is InChI=1S/C14H17ClO4/c1-4-7-18-10(2)14(16)19-9-11-8-12(15)5-6-13(11)17-3/h4-6,8,10H,1,7,9H2,2-3H3. The van der Waals surface area contributed by atoms with E-state index in [1.54, 1.807) is 38.3 Å². The maximum Gasteiger partial charge on any atom is 0.335 e. The second-order valence-corrected chi connectivity index (χ2v) is 4.26. The molecule has 1 unspecified atom stereocenters. The lowest BCUT2D eigenvalue weighted by Gasteiger charge is -2.13. The van der Waals surface area contributed by atoms with Gasteiger partial charge in [0.05, 0.1) is 13.7 Å². The van der Waals surface area contributed by atoms with Gasteiger partial charge >= 0.3 is 5.97 Å². The Balaban J connectivity index is 2.58. The smallest absolute Gasteiger partial charge is 0.335 e. The fraction of sp³-hybridized carbons (Fsp3) is 0.357.